The zero-order valence-electron chi connectivity index (χ0n) is 6.10. The van der Waals surface area contributed by atoms with E-state index in [1.165, 1.54) is 6.21 Å². The van der Waals surface area contributed by atoms with Gasteiger partial charge in [0, 0.05) is 12.1 Å². The minimum Gasteiger partial charge on any atom is -0.273 e. The molecule has 0 bridgehead atoms. The van der Waals surface area contributed by atoms with Crippen LogP contribution in [0.15, 0.2) is 5.10 Å². The summed E-state index contributed by atoms with van der Waals surface area (Å²) in [7, 11) is 0. The molecule has 10 heavy (non-hydrogen) atoms. The molecule has 0 aliphatic heterocycles. The SMILES string of the molecule is CC(C)C(=O)N/N=C/CCl. The van der Waals surface area contributed by atoms with E-state index in [0.717, 1.165) is 0 Å². The molecular weight excluding hydrogens is 152 g/mol. The normalized spacial score (nSPS) is 10.8. The van der Waals surface area contributed by atoms with Crippen LogP contribution >= 0.6 is 11.6 Å². The van der Waals surface area contributed by atoms with Crippen LogP contribution in [0.4, 0.5) is 0 Å². The van der Waals surface area contributed by atoms with Crippen molar-refractivity contribution in [3.8, 4) is 0 Å². The molecule has 1 amide bonds. The van der Waals surface area contributed by atoms with E-state index in [2.05, 4.69) is 10.5 Å². The van der Waals surface area contributed by atoms with E-state index < -0.39 is 0 Å². The first-order valence-corrected chi connectivity index (χ1v) is 3.59. The average molecular weight is 163 g/mol. The molecule has 0 saturated carbocycles. The van der Waals surface area contributed by atoms with Crippen LogP contribution in [0.1, 0.15) is 13.8 Å². The van der Waals surface area contributed by atoms with Crippen molar-refractivity contribution in [3.05, 3.63) is 0 Å². The number of carbonyl (C=O) groups excluding carboxylic acids is 1. The molecule has 0 atom stereocenters. The fourth-order valence-corrected chi connectivity index (χ4v) is 0.342. The standard InChI is InChI=1S/C6H11ClN2O/c1-5(2)6(10)9-8-4-3-7/h4-5H,3H2,1-2H3,(H,9,10)/b8-4+. The van der Waals surface area contributed by atoms with Crippen LogP contribution in [0.25, 0.3) is 0 Å². The number of hydrazone groups is 1. The smallest absolute Gasteiger partial charge is 0.242 e. The number of rotatable bonds is 3. The van der Waals surface area contributed by atoms with Gasteiger partial charge in [0.05, 0.1) is 5.88 Å². The Labute approximate surface area is 65.4 Å². The molecule has 0 aromatic rings. The molecule has 1 N–H and O–H groups in total. The molecule has 0 saturated heterocycles. The summed E-state index contributed by atoms with van der Waals surface area (Å²) >= 11 is 5.26. The number of halogens is 1. The molecule has 0 aliphatic rings. The highest BCUT2D eigenvalue weighted by molar-refractivity contribution is 6.24. The van der Waals surface area contributed by atoms with Crippen molar-refractivity contribution in [3.63, 3.8) is 0 Å². The van der Waals surface area contributed by atoms with Gasteiger partial charge in [-0.15, -0.1) is 11.6 Å². The van der Waals surface area contributed by atoms with Gasteiger partial charge < -0.3 is 0 Å². The van der Waals surface area contributed by atoms with Gasteiger partial charge in [-0.2, -0.15) is 5.10 Å². The van der Waals surface area contributed by atoms with E-state index in [9.17, 15) is 4.79 Å². The minimum atomic E-state index is -0.0960. The zero-order valence-corrected chi connectivity index (χ0v) is 6.85. The highest BCUT2D eigenvalue weighted by Gasteiger charge is 2.02. The van der Waals surface area contributed by atoms with Gasteiger partial charge in [-0.05, 0) is 0 Å². The molecule has 0 spiro atoms. The maximum atomic E-state index is 10.7. The van der Waals surface area contributed by atoms with Gasteiger partial charge in [0.15, 0.2) is 0 Å². The van der Waals surface area contributed by atoms with E-state index in [4.69, 9.17) is 11.6 Å². The van der Waals surface area contributed by atoms with Crippen LogP contribution in [0.2, 0.25) is 0 Å². The maximum absolute atomic E-state index is 10.7. The fraction of sp³-hybridized carbons (Fsp3) is 0.667. The predicted molar refractivity (Wildman–Crippen MR) is 42.2 cm³/mol. The Morgan fingerprint density at radius 3 is 2.80 bits per heavy atom. The van der Waals surface area contributed by atoms with Gasteiger partial charge in [0.2, 0.25) is 5.91 Å². The first-order chi connectivity index (χ1) is 4.68. The lowest BCUT2D eigenvalue weighted by molar-refractivity contribution is -0.123. The number of nitrogens with one attached hydrogen (secondary N) is 1. The molecule has 0 unspecified atom stereocenters. The Morgan fingerprint density at radius 1 is 1.80 bits per heavy atom. The highest BCUT2D eigenvalue weighted by Crippen LogP contribution is 1.89. The molecule has 4 heteroatoms. The Morgan fingerprint density at radius 2 is 2.40 bits per heavy atom. The van der Waals surface area contributed by atoms with E-state index >= 15 is 0 Å². The van der Waals surface area contributed by atoms with Gasteiger partial charge in [-0.1, -0.05) is 13.8 Å². The van der Waals surface area contributed by atoms with Crippen molar-refractivity contribution in [2.24, 2.45) is 11.0 Å². The number of hydrogen-bond acceptors (Lipinski definition) is 2. The van der Waals surface area contributed by atoms with Crippen molar-refractivity contribution >= 4 is 23.7 Å². The minimum absolute atomic E-state index is 0.0347. The summed E-state index contributed by atoms with van der Waals surface area (Å²) in [6, 6.07) is 0. The summed E-state index contributed by atoms with van der Waals surface area (Å²) in [6.45, 7) is 3.59. The Balaban J connectivity index is 3.49. The third-order valence-electron chi connectivity index (χ3n) is 0.859. The van der Waals surface area contributed by atoms with Crippen molar-refractivity contribution in [2.45, 2.75) is 13.8 Å². The largest absolute Gasteiger partial charge is 0.273 e. The summed E-state index contributed by atoms with van der Waals surface area (Å²) in [5.74, 6) is 0.187. The van der Waals surface area contributed by atoms with Gasteiger partial charge in [0.25, 0.3) is 0 Å². The van der Waals surface area contributed by atoms with Crippen molar-refractivity contribution in [1.82, 2.24) is 5.43 Å². The van der Waals surface area contributed by atoms with E-state index in [1.807, 2.05) is 0 Å². The van der Waals surface area contributed by atoms with Crippen LogP contribution in [0.5, 0.6) is 0 Å². The van der Waals surface area contributed by atoms with Crippen LogP contribution in [-0.2, 0) is 4.79 Å². The van der Waals surface area contributed by atoms with Gasteiger partial charge in [-0.3, -0.25) is 4.79 Å². The monoisotopic (exact) mass is 162 g/mol. The molecular formula is C6H11ClN2O. The molecule has 3 nitrogen and oxygen atoms in total. The first-order valence-electron chi connectivity index (χ1n) is 3.05. The molecule has 0 rings (SSSR count). The third-order valence-corrected chi connectivity index (χ3v) is 0.997. The molecule has 0 radical (unpaired) electrons. The van der Waals surface area contributed by atoms with Gasteiger partial charge in [0.1, 0.15) is 0 Å². The quantitative estimate of drug-likeness (QED) is 0.375. The molecule has 0 aliphatic carbocycles. The van der Waals surface area contributed by atoms with Gasteiger partial charge in [-0.25, -0.2) is 5.43 Å². The summed E-state index contributed by atoms with van der Waals surface area (Å²) in [6.07, 6.45) is 1.43. The van der Waals surface area contributed by atoms with Crippen molar-refractivity contribution in [1.29, 1.82) is 0 Å². The Hall–Kier alpha value is -0.570. The topological polar surface area (TPSA) is 41.5 Å². The highest BCUT2D eigenvalue weighted by atomic mass is 35.5. The lowest BCUT2D eigenvalue weighted by Crippen LogP contribution is -2.22. The number of carbonyl (C=O) groups is 1. The fourth-order valence-electron chi connectivity index (χ4n) is 0.273. The van der Waals surface area contributed by atoms with Crippen LogP contribution in [0, 0.1) is 5.92 Å². The predicted octanol–water partition coefficient (Wildman–Crippen LogP) is 0.983. The first kappa shape index (κ1) is 9.43. The molecule has 0 aromatic heterocycles. The van der Waals surface area contributed by atoms with E-state index in [-0.39, 0.29) is 11.8 Å². The van der Waals surface area contributed by atoms with E-state index in [1.54, 1.807) is 13.8 Å². The number of alkyl halides is 1. The van der Waals surface area contributed by atoms with Crippen LogP contribution < -0.4 is 5.43 Å². The van der Waals surface area contributed by atoms with Crippen LogP contribution in [-0.4, -0.2) is 18.0 Å². The number of amides is 1. The second-order valence-corrected chi connectivity index (χ2v) is 2.41. The van der Waals surface area contributed by atoms with Crippen molar-refractivity contribution in [2.75, 3.05) is 5.88 Å². The lowest BCUT2D eigenvalue weighted by Gasteiger charge is -1.99. The maximum Gasteiger partial charge on any atom is 0.242 e. The molecule has 0 heterocycles. The number of nitrogens with zero attached hydrogens (tertiary/aromatic N) is 1. The van der Waals surface area contributed by atoms with Gasteiger partial charge >= 0.3 is 0 Å². The van der Waals surface area contributed by atoms with Crippen LogP contribution in [0.3, 0.4) is 0 Å². The Bertz CT molecular complexity index is 134. The Kier molecular flexibility index (Phi) is 4.94. The summed E-state index contributed by atoms with van der Waals surface area (Å²) in [4.78, 5) is 10.7. The molecule has 0 fully saturated rings. The van der Waals surface area contributed by atoms with Crippen molar-refractivity contribution < 1.29 is 4.79 Å². The number of hydrogen-bond donors (Lipinski definition) is 1. The lowest BCUT2D eigenvalue weighted by atomic mass is 10.2. The summed E-state index contributed by atoms with van der Waals surface area (Å²) in [5.41, 5.74) is 2.33. The zero-order chi connectivity index (χ0) is 7.98. The third kappa shape index (κ3) is 4.32. The summed E-state index contributed by atoms with van der Waals surface area (Å²) in [5, 5.41) is 3.55. The summed E-state index contributed by atoms with van der Waals surface area (Å²) < 4.78 is 0. The average Bonchev–Trinajstić information content (AvgIpc) is 1.88. The molecule has 58 valence electrons. The molecule has 0 aromatic carbocycles. The second-order valence-electron chi connectivity index (χ2n) is 2.10. The second kappa shape index (κ2) is 5.23. The van der Waals surface area contributed by atoms with E-state index in [0.29, 0.717) is 5.88 Å².